The Morgan fingerprint density at radius 2 is 2.00 bits per heavy atom. The summed E-state index contributed by atoms with van der Waals surface area (Å²) >= 11 is 0. The summed E-state index contributed by atoms with van der Waals surface area (Å²) in [5, 5.41) is 0. The molecule has 136 valence electrons. The molecule has 7 heteroatoms. The topological polar surface area (TPSA) is 73.2 Å². The third kappa shape index (κ3) is 3.72. The van der Waals surface area contributed by atoms with Crippen LogP contribution in [0.3, 0.4) is 0 Å². The summed E-state index contributed by atoms with van der Waals surface area (Å²) in [6.07, 6.45) is 5.00. The normalized spacial score (nSPS) is 11.3. The summed E-state index contributed by atoms with van der Waals surface area (Å²) in [5.41, 5.74) is 2.93. The molecule has 0 aliphatic rings. The molecule has 0 radical (unpaired) electrons. The van der Waals surface area contributed by atoms with E-state index < -0.39 is 10.0 Å². The fourth-order valence-corrected chi connectivity index (χ4v) is 3.68. The number of benzene rings is 1. The van der Waals surface area contributed by atoms with Crippen molar-refractivity contribution in [2.75, 3.05) is 11.8 Å². The number of hydrogen-bond donors (Lipinski definition) is 1. The monoisotopic (exact) mass is 371 g/mol. The van der Waals surface area contributed by atoms with E-state index in [0.717, 1.165) is 16.8 Å². The van der Waals surface area contributed by atoms with Crippen LogP contribution in [-0.2, 0) is 16.6 Å². The molecule has 1 aromatic carbocycles. The van der Waals surface area contributed by atoms with Gasteiger partial charge in [-0.1, -0.05) is 12.1 Å². The number of ether oxygens (including phenoxy) is 1. The highest BCUT2D eigenvalue weighted by molar-refractivity contribution is 7.92. The Morgan fingerprint density at radius 3 is 2.62 bits per heavy atom. The van der Waals surface area contributed by atoms with Crippen molar-refractivity contribution >= 4 is 15.7 Å². The van der Waals surface area contributed by atoms with E-state index in [1.807, 2.05) is 42.7 Å². The van der Waals surface area contributed by atoms with Gasteiger partial charge in [0.2, 0.25) is 0 Å². The van der Waals surface area contributed by atoms with E-state index in [9.17, 15) is 8.42 Å². The zero-order chi connectivity index (χ0) is 18.7. The van der Waals surface area contributed by atoms with E-state index in [1.165, 1.54) is 0 Å². The maximum atomic E-state index is 12.7. The van der Waals surface area contributed by atoms with E-state index in [2.05, 4.69) is 9.71 Å². The van der Waals surface area contributed by atoms with Gasteiger partial charge in [-0.25, -0.2) is 8.42 Å². The SMILES string of the molecule is CCn1ccc(S(=O)(=O)Nc2cc(-c3ccc(OC)cn3)ccc2C)c1. The number of aromatic nitrogens is 2. The maximum Gasteiger partial charge on any atom is 0.263 e. The van der Waals surface area contributed by atoms with Crippen molar-refractivity contribution in [3.8, 4) is 17.0 Å². The Balaban J connectivity index is 1.92. The number of anilines is 1. The Labute approximate surface area is 153 Å². The summed E-state index contributed by atoms with van der Waals surface area (Å²) in [6.45, 7) is 4.53. The number of sulfonamides is 1. The van der Waals surface area contributed by atoms with Crippen molar-refractivity contribution in [1.82, 2.24) is 9.55 Å². The molecule has 3 aromatic rings. The van der Waals surface area contributed by atoms with Crippen molar-refractivity contribution in [3.05, 3.63) is 60.6 Å². The van der Waals surface area contributed by atoms with E-state index in [-0.39, 0.29) is 4.90 Å². The first-order chi connectivity index (χ1) is 12.4. The highest BCUT2D eigenvalue weighted by Gasteiger charge is 2.17. The predicted molar refractivity (Wildman–Crippen MR) is 102 cm³/mol. The van der Waals surface area contributed by atoms with E-state index in [1.54, 1.807) is 37.8 Å². The zero-order valence-electron chi connectivity index (χ0n) is 14.9. The minimum atomic E-state index is -3.65. The van der Waals surface area contributed by atoms with Crippen LogP contribution in [0.1, 0.15) is 12.5 Å². The molecule has 0 spiro atoms. The number of methoxy groups -OCH3 is 1. The molecular weight excluding hydrogens is 350 g/mol. The molecule has 0 unspecified atom stereocenters. The average Bonchev–Trinajstić information content (AvgIpc) is 3.14. The van der Waals surface area contributed by atoms with Crippen LogP contribution in [0.4, 0.5) is 5.69 Å². The smallest absolute Gasteiger partial charge is 0.263 e. The Bertz CT molecular complexity index is 1010. The number of pyridine rings is 1. The number of rotatable bonds is 6. The van der Waals surface area contributed by atoms with Gasteiger partial charge in [0, 0.05) is 24.5 Å². The lowest BCUT2D eigenvalue weighted by Gasteiger charge is -2.12. The van der Waals surface area contributed by atoms with Gasteiger partial charge in [-0.3, -0.25) is 9.71 Å². The molecule has 0 saturated carbocycles. The highest BCUT2D eigenvalue weighted by Crippen LogP contribution is 2.27. The first-order valence-corrected chi connectivity index (χ1v) is 9.71. The number of nitrogens with one attached hydrogen (secondary N) is 1. The van der Waals surface area contributed by atoms with Crippen molar-refractivity contribution in [2.45, 2.75) is 25.3 Å². The fourth-order valence-electron chi connectivity index (χ4n) is 2.54. The minimum Gasteiger partial charge on any atom is -0.495 e. The predicted octanol–water partition coefficient (Wildman–Crippen LogP) is 3.69. The Morgan fingerprint density at radius 1 is 1.19 bits per heavy atom. The van der Waals surface area contributed by atoms with Crippen molar-refractivity contribution in [3.63, 3.8) is 0 Å². The lowest BCUT2D eigenvalue weighted by atomic mass is 10.1. The van der Waals surface area contributed by atoms with Gasteiger partial charge in [-0.2, -0.15) is 0 Å². The second kappa shape index (κ2) is 7.21. The molecule has 0 atom stereocenters. The van der Waals surface area contributed by atoms with Crippen molar-refractivity contribution in [2.24, 2.45) is 0 Å². The number of nitrogens with zero attached hydrogens (tertiary/aromatic N) is 2. The molecule has 0 aliphatic carbocycles. The van der Waals surface area contributed by atoms with Gasteiger partial charge in [-0.05, 0) is 43.7 Å². The molecule has 26 heavy (non-hydrogen) atoms. The quantitative estimate of drug-likeness (QED) is 0.717. The fraction of sp³-hybridized carbons (Fsp3) is 0.211. The van der Waals surface area contributed by atoms with Crippen LogP contribution in [-0.4, -0.2) is 25.1 Å². The summed E-state index contributed by atoms with van der Waals surface area (Å²) in [4.78, 5) is 4.60. The Hall–Kier alpha value is -2.80. The molecule has 0 aliphatic heterocycles. The summed E-state index contributed by atoms with van der Waals surface area (Å²) < 4.78 is 34.9. The van der Waals surface area contributed by atoms with Gasteiger partial charge in [0.1, 0.15) is 10.6 Å². The molecule has 0 fully saturated rings. The molecule has 2 heterocycles. The molecule has 6 nitrogen and oxygen atoms in total. The van der Waals surface area contributed by atoms with Crippen LogP contribution in [0.5, 0.6) is 5.75 Å². The van der Waals surface area contributed by atoms with Gasteiger partial charge < -0.3 is 9.30 Å². The van der Waals surface area contributed by atoms with E-state index >= 15 is 0 Å². The summed E-state index contributed by atoms with van der Waals surface area (Å²) in [7, 11) is -2.06. The first kappa shape index (κ1) is 18.0. The first-order valence-electron chi connectivity index (χ1n) is 8.22. The van der Waals surface area contributed by atoms with E-state index in [0.29, 0.717) is 18.0 Å². The summed E-state index contributed by atoms with van der Waals surface area (Å²) in [6, 6.07) is 10.8. The third-order valence-corrected chi connectivity index (χ3v) is 5.50. The molecule has 2 aromatic heterocycles. The van der Waals surface area contributed by atoms with Crippen LogP contribution in [0.25, 0.3) is 11.3 Å². The van der Waals surface area contributed by atoms with Gasteiger partial charge in [0.25, 0.3) is 10.0 Å². The van der Waals surface area contributed by atoms with Crippen LogP contribution in [0.2, 0.25) is 0 Å². The Kier molecular flexibility index (Phi) is 4.99. The maximum absolute atomic E-state index is 12.7. The highest BCUT2D eigenvalue weighted by atomic mass is 32.2. The van der Waals surface area contributed by atoms with Crippen LogP contribution < -0.4 is 9.46 Å². The molecular formula is C19H21N3O3S. The summed E-state index contributed by atoms with van der Waals surface area (Å²) in [5.74, 6) is 0.669. The average molecular weight is 371 g/mol. The van der Waals surface area contributed by atoms with Crippen molar-refractivity contribution in [1.29, 1.82) is 0 Å². The second-order valence-corrected chi connectivity index (χ2v) is 7.58. The van der Waals surface area contributed by atoms with Crippen LogP contribution in [0.15, 0.2) is 59.9 Å². The van der Waals surface area contributed by atoms with E-state index in [4.69, 9.17) is 4.74 Å². The van der Waals surface area contributed by atoms with Crippen LogP contribution >= 0.6 is 0 Å². The molecule has 0 bridgehead atoms. The largest absolute Gasteiger partial charge is 0.495 e. The number of hydrogen-bond acceptors (Lipinski definition) is 4. The lowest BCUT2D eigenvalue weighted by Crippen LogP contribution is -2.13. The van der Waals surface area contributed by atoms with Crippen LogP contribution in [0, 0.1) is 6.92 Å². The van der Waals surface area contributed by atoms with Gasteiger partial charge in [0.05, 0.1) is 24.7 Å². The zero-order valence-corrected chi connectivity index (χ0v) is 15.7. The van der Waals surface area contributed by atoms with Crippen molar-refractivity contribution < 1.29 is 13.2 Å². The molecule has 0 amide bonds. The third-order valence-electron chi connectivity index (χ3n) is 4.15. The van der Waals surface area contributed by atoms with Gasteiger partial charge in [0.15, 0.2) is 0 Å². The molecule has 1 N–H and O–H groups in total. The minimum absolute atomic E-state index is 0.242. The number of aryl methyl sites for hydroxylation is 2. The standard InChI is InChI=1S/C19H21N3O3S/c1-4-22-10-9-17(13-22)26(23,24)21-19-11-15(6-5-14(19)2)18-8-7-16(25-3)12-20-18/h5-13,21H,4H2,1-3H3. The molecule has 3 rings (SSSR count). The lowest BCUT2D eigenvalue weighted by molar-refractivity contribution is 0.413. The molecule has 0 saturated heterocycles. The van der Waals surface area contributed by atoms with Gasteiger partial charge in [-0.15, -0.1) is 0 Å². The second-order valence-electron chi connectivity index (χ2n) is 5.90. The van der Waals surface area contributed by atoms with Gasteiger partial charge >= 0.3 is 0 Å².